The molecule has 4 heteroatoms. The van der Waals surface area contributed by atoms with E-state index in [1.807, 2.05) is 0 Å². The summed E-state index contributed by atoms with van der Waals surface area (Å²) in [6, 6.07) is 0. The zero-order valence-electron chi connectivity index (χ0n) is 20.3. The molecule has 0 saturated heterocycles. The highest BCUT2D eigenvalue weighted by atomic mass is 16.5. The van der Waals surface area contributed by atoms with Gasteiger partial charge in [-0.3, -0.25) is 9.59 Å². The topological polar surface area (TPSA) is 52.6 Å². The number of unbranched alkanes of at least 4 members (excludes halogenated alkanes) is 3. The molecule has 0 amide bonds. The lowest BCUT2D eigenvalue weighted by Gasteiger charge is -1.97. The number of esters is 2. The van der Waals surface area contributed by atoms with Crippen LogP contribution < -0.4 is 0 Å². The smallest absolute Gasteiger partial charge is 0.302 e. The molecule has 0 rings (SSSR count). The second-order valence-electron chi connectivity index (χ2n) is 6.49. The Morgan fingerprint density at radius 3 is 1.47 bits per heavy atom. The second-order valence-corrected chi connectivity index (χ2v) is 6.49. The van der Waals surface area contributed by atoms with Gasteiger partial charge < -0.3 is 9.47 Å². The Bertz CT molecular complexity index is 473. The molecule has 0 aromatic carbocycles. The van der Waals surface area contributed by atoms with Crippen LogP contribution >= 0.6 is 0 Å². The van der Waals surface area contributed by atoms with Crippen LogP contribution in [0.4, 0.5) is 0 Å². The molecule has 0 N–H and O–H groups in total. The Labute approximate surface area is 186 Å². The van der Waals surface area contributed by atoms with Crippen LogP contribution in [0.3, 0.4) is 0 Å². The van der Waals surface area contributed by atoms with Crippen LogP contribution in [0.15, 0.2) is 48.6 Å². The van der Waals surface area contributed by atoms with Crippen molar-refractivity contribution in [3.8, 4) is 0 Å². The van der Waals surface area contributed by atoms with Crippen molar-refractivity contribution >= 4 is 11.9 Å². The average molecular weight is 423 g/mol. The lowest BCUT2D eigenvalue weighted by molar-refractivity contribution is -0.141. The van der Waals surface area contributed by atoms with Gasteiger partial charge in [0.25, 0.3) is 0 Å². The third kappa shape index (κ3) is 45.0. The highest BCUT2D eigenvalue weighted by Crippen LogP contribution is 1.97. The summed E-state index contributed by atoms with van der Waals surface area (Å²) < 4.78 is 8.91. The molecule has 0 heterocycles. The van der Waals surface area contributed by atoms with E-state index in [-0.39, 0.29) is 11.9 Å². The molecule has 0 spiro atoms. The first kappa shape index (κ1) is 32.6. The summed E-state index contributed by atoms with van der Waals surface area (Å²) in [5.41, 5.74) is 0. The number of methoxy groups -OCH3 is 1. The lowest BCUT2D eigenvalue weighted by atomic mass is 10.2. The molecule has 0 aromatic heterocycles. The summed E-state index contributed by atoms with van der Waals surface area (Å²) in [7, 11) is 1.35. The van der Waals surface area contributed by atoms with Crippen molar-refractivity contribution < 1.29 is 19.1 Å². The number of hydrogen-bond acceptors (Lipinski definition) is 4. The molecule has 0 aliphatic carbocycles. The molecule has 0 aromatic rings. The van der Waals surface area contributed by atoms with Gasteiger partial charge in [-0.1, -0.05) is 82.2 Å². The van der Waals surface area contributed by atoms with Crippen LogP contribution in [0.1, 0.15) is 92.4 Å². The summed E-state index contributed by atoms with van der Waals surface area (Å²) in [6.45, 7) is 9.84. The largest absolute Gasteiger partial charge is 0.469 e. The molecule has 0 radical (unpaired) electrons. The normalized spacial score (nSPS) is 10.7. The van der Waals surface area contributed by atoms with E-state index in [1.54, 1.807) is 0 Å². The molecule has 4 nitrogen and oxygen atoms in total. The van der Waals surface area contributed by atoms with Crippen LogP contribution in [0.25, 0.3) is 0 Å². The van der Waals surface area contributed by atoms with Gasteiger partial charge in [0.15, 0.2) is 0 Å². The van der Waals surface area contributed by atoms with Gasteiger partial charge in [-0.15, -0.1) is 0 Å². The van der Waals surface area contributed by atoms with Crippen molar-refractivity contribution in [2.75, 3.05) is 13.7 Å². The van der Waals surface area contributed by atoms with E-state index in [2.05, 4.69) is 74.1 Å². The van der Waals surface area contributed by atoms with Crippen molar-refractivity contribution in [1.29, 1.82) is 0 Å². The fraction of sp³-hybridized carbons (Fsp3) is 0.615. The van der Waals surface area contributed by atoms with Crippen molar-refractivity contribution in [3.63, 3.8) is 0 Å². The molecule has 0 saturated carbocycles. The van der Waals surface area contributed by atoms with Gasteiger partial charge in [-0.2, -0.15) is 0 Å². The summed E-state index contributed by atoms with van der Waals surface area (Å²) >= 11 is 0. The van der Waals surface area contributed by atoms with Gasteiger partial charge in [0.1, 0.15) is 0 Å². The molecule has 0 fully saturated rings. The summed E-state index contributed by atoms with van der Waals surface area (Å²) in [6.07, 6.45) is 27.7. The first-order valence-corrected chi connectivity index (χ1v) is 11.2. The number of carbonyl (C=O) groups excluding carboxylic acids is 2. The standard InChI is InChI=1S/C12H20O2.C11H20.C3H6O2/c1-3-4-5-6-7-8-9-10-11-14-12(2)13;1-3-5-7-9-11-10-8-6-4-2;1-3(4)5-2/h4-5,7-8H,3,6,9-11H2,1-2H3;5,7,10-11H,3-4,6,8-9H2,1-2H3;1-2H3/b5-4-,8-7-;7-5-,11-10-;. The van der Waals surface area contributed by atoms with Gasteiger partial charge in [0.2, 0.25) is 0 Å². The average Bonchev–Trinajstić information content (AvgIpc) is 2.72. The molecule has 0 unspecified atom stereocenters. The van der Waals surface area contributed by atoms with E-state index in [9.17, 15) is 9.59 Å². The number of carbonyl (C=O) groups is 2. The summed E-state index contributed by atoms with van der Waals surface area (Å²) in [5, 5.41) is 0. The van der Waals surface area contributed by atoms with Crippen LogP contribution in [-0.2, 0) is 19.1 Å². The van der Waals surface area contributed by atoms with Crippen LogP contribution in [-0.4, -0.2) is 25.7 Å². The Morgan fingerprint density at radius 1 is 0.667 bits per heavy atom. The van der Waals surface area contributed by atoms with E-state index < -0.39 is 0 Å². The predicted octanol–water partition coefficient (Wildman–Crippen LogP) is 7.51. The monoisotopic (exact) mass is 422 g/mol. The second kappa shape index (κ2) is 31.6. The van der Waals surface area contributed by atoms with E-state index in [0.717, 1.165) is 38.5 Å². The number of allylic oxidation sites excluding steroid dienone is 8. The van der Waals surface area contributed by atoms with Crippen LogP contribution in [0, 0.1) is 0 Å². The van der Waals surface area contributed by atoms with E-state index in [1.165, 1.54) is 40.2 Å². The van der Waals surface area contributed by atoms with Crippen LogP contribution in [0.2, 0.25) is 0 Å². The minimum absolute atomic E-state index is 0.195. The van der Waals surface area contributed by atoms with Crippen molar-refractivity contribution in [3.05, 3.63) is 48.6 Å². The minimum atomic E-state index is -0.245. The lowest BCUT2D eigenvalue weighted by Crippen LogP contribution is -1.99. The molecular formula is C26H46O4. The van der Waals surface area contributed by atoms with Gasteiger partial charge in [-0.25, -0.2) is 0 Å². The zero-order valence-corrected chi connectivity index (χ0v) is 20.3. The first-order chi connectivity index (χ1) is 14.5. The molecule has 0 bridgehead atoms. The molecule has 0 aliphatic heterocycles. The Morgan fingerprint density at radius 2 is 1.10 bits per heavy atom. The number of rotatable bonds is 13. The predicted molar refractivity (Wildman–Crippen MR) is 129 cm³/mol. The van der Waals surface area contributed by atoms with E-state index >= 15 is 0 Å². The van der Waals surface area contributed by atoms with Crippen molar-refractivity contribution in [2.45, 2.75) is 92.4 Å². The maximum atomic E-state index is 10.4. The van der Waals surface area contributed by atoms with Gasteiger partial charge in [0.05, 0.1) is 13.7 Å². The van der Waals surface area contributed by atoms with Crippen molar-refractivity contribution in [2.24, 2.45) is 0 Å². The SMILES string of the molecule is CC/C=C\C/C=C\CCCC.CC/C=C\C/C=C\CCCOC(C)=O.COC(C)=O. The third-order valence-corrected chi connectivity index (χ3v) is 3.51. The highest BCUT2D eigenvalue weighted by Gasteiger charge is 1.89. The van der Waals surface area contributed by atoms with Gasteiger partial charge >= 0.3 is 11.9 Å². The Kier molecular flexibility index (Phi) is 34.3. The fourth-order valence-corrected chi connectivity index (χ4v) is 1.85. The summed E-state index contributed by atoms with van der Waals surface area (Å²) in [4.78, 5) is 20.0. The fourth-order valence-electron chi connectivity index (χ4n) is 1.85. The zero-order chi connectivity index (χ0) is 23.3. The quantitative estimate of drug-likeness (QED) is 0.175. The maximum absolute atomic E-state index is 10.4. The minimum Gasteiger partial charge on any atom is -0.469 e. The van der Waals surface area contributed by atoms with Gasteiger partial charge in [0, 0.05) is 13.8 Å². The molecule has 30 heavy (non-hydrogen) atoms. The van der Waals surface area contributed by atoms with E-state index in [0.29, 0.717) is 6.61 Å². The molecule has 0 atom stereocenters. The van der Waals surface area contributed by atoms with Crippen molar-refractivity contribution in [1.82, 2.24) is 0 Å². The number of hydrogen-bond donors (Lipinski definition) is 0. The molecular weight excluding hydrogens is 376 g/mol. The van der Waals surface area contributed by atoms with Gasteiger partial charge in [-0.05, 0) is 44.9 Å². The third-order valence-electron chi connectivity index (χ3n) is 3.51. The maximum Gasteiger partial charge on any atom is 0.302 e. The molecule has 174 valence electrons. The molecule has 0 aliphatic rings. The Balaban J connectivity index is -0.000000405. The first-order valence-electron chi connectivity index (χ1n) is 11.2. The number of ether oxygens (including phenoxy) is 2. The van der Waals surface area contributed by atoms with Crippen LogP contribution in [0.5, 0.6) is 0 Å². The van der Waals surface area contributed by atoms with E-state index in [4.69, 9.17) is 4.74 Å². The summed E-state index contributed by atoms with van der Waals surface area (Å²) in [5.74, 6) is -0.440. The Hall–Kier alpha value is -2.10. The highest BCUT2D eigenvalue weighted by molar-refractivity contribution is 5.66.